The van der Waals surface area contributed by atoms with Crippen molar-refractivity contribution in [1.29, 1.82) is 0 Å². The summed E-state index contributed by atoms with van der Waals surface area (Å²) in [5.74, 6) is 2.44. The van der Waals surface area contributed by atoms with Gasteiger partial charge in [-0.15, -0.1) is 0 Å². The zero-order valence-electron chi connectivity index (χ0n) is 19.6. The molecule has 1 aromatic heterocycles. The van der Waals surface area contributed by atoms with Crippen molar-refractivity contribution in [2.45, 2.75) is 50.6 Å². The number of benzene rings is 2. The quantitative estimate of drug-likeness (QED) is 0.392. The van der Waals surface area contributed by atoms with Gasteiger partial charge in [0.2, 0.25) is 5.13 Å². The van der Waals surface area contributed by atoms with E-state index in [-0.39, 0.29) is 0 Å². The minimum atomic E-state index is 0.518. The number of hydrogen-bond acceptors (Lipinski definition) is 7. The summed E-state index contributed by atoms with van der Waals surface area (Å²) in [6.07, 6.45) is 6.73. The maximum atomic E-state index is 5.97. The van der Waals surface area contributed by atoms with Gasteiger partial charge in [-0.2, -0.15) is 4.37 Å². The van der Waals surface area contributed by atoms with E-state index in [0.29, 0.717) is 17.5 Å². The van der Waals surface area contributed by atoms with Crippen molar-refractivity contribution in [1.82, 2.24) is 14.7 Å². The number of ether oxygens (including phenoxy) is 2. The Morgan fingerprint density at radius 2 is 1.68 bits per heavy atom. The first-order chi connectivity index (χ1) is 16.5. The zero-order chi connectivity index (χ0) is 23.5. The lowest BCUT2D eigenvalue weighted by molar-refractivity contribution is -0.0116. The van der Waals surface area contributed by atoms with Gasteiger partial charge < -0.3 is 20.1 Å². The molecule has 0 radical (unpaired) electrons. The van der Waals surface area contributed by atoms with Gasteiger partial charge in [0.05, 0.1) is 14.2 Å². The van der Waals surface area contributed by atoms with Gasteiger partial charge in [-0.05, 0) is 79.5 Å². The number of nitrogens with one attached hydrogen (secondary N) is 2. The van der Waals surface area contributed by atoms with E-state index in [0.717, 1.165) is 46.9 Å². The molecule has 0 saturated heterocycles. The number of aromatic nitrogens is 2. The highest BCUT2D eigenvalue weighted by atomic mass is 35.5. The molecule has 2 aromatic carbocycles. The Labute approximate surface area is 210 Å². The molecule has 1 heterocycles. The van der Waals surface area contributed by atoms with Crippen LogP contribution in [0.4, 0.5) is 5.13 Å². The van der Waals surface area contributed by atoms with Crippen molar-refractivity contribution < 1.29 is 9.47 Å². The average Bonchev–Trinajstić information content (AvgIpc) is 3.24. The summed E-state index contributed by atoms with van der Waals surface area (Å²) in [7, 11) is 3.35. The first kappa shape index (κ1) is 23.4. The SMILES string of the molecule is COc1ccc(CCNC2CC3(C2)CC(Nc2nc(Cc4ccc(Cl)cc4)ns2)C3)cc1OC. The number of halogens is 1. The standard InChI is InChI=1S/C26H31ClN4O2S/c1-32-22-8-5-18(11-23(22)33-2)9-10-28-20-13-26(14-20)15-21(16-26)29-25-30-24(31-34-25)12-17-3-6-19(27)7-4-17/h3-8,11,20-21,28H,9-10,12-16H2,1-2H3,(H,29,30,31). The Hall–Kier alpha value is -2.35. The Morgan fingerprint density at radius 3 is 2.41 bits per heavy atom. The van der Waals surface area contributed by atoms with Crippen LogP contribution in [0.25, 0.3) is 0 Å². The molecule has 0 atom stereocenters. The van der Waals surface area contributed by atoms with Crippen molar-refractivity contribution in [3.63, 3.8) is 0 Å². The summed E-state index contributed by atoms with van der Waals surface area (Å²) < 4.78 is 15.2. The summed E-state index contributed by atoms with van der Waals surface area (Å²) in [5.41, 5.74) is 2.96. The van der Waals surface area contributed by atoms with Gasteiger partial charge in [0.1, 0.15) is 5.82 Å². The van der Waals surface area contributed by atoms with Crippen LogP contribution in [-0.2, 0) is 12.8 Å². The molecule has 2 N–H and O–H groups in total. The van der Waals surface area contributed by atoms with Crippen molar-refractivity contribution in [2.75, 3.05) is 26.1 Å². The predicted octanol–water partition coefficient (Wildman–Crippen LogP) is 5.35. The van der Waals surface area contributed by atoms with Gasteiger partial charge in [0.25, 0.3) is 0 Å². The molecule has 0 aliphatic heterocycles. The van der Waals surface area contributed by atoms with Crippen LogP contribution in [0.5, 0.6) is 11.5 Å². The molecule has 2 aliphatic rings. The second kappa shape index (κ2) is 10.1. The van der Waals surface area contributed by atoms with E-state index in [2.05, 4.69) is 32.1 Å². The maximum absolute atomic E-state index is 5.97. The molecule has 2 aliphatic carbocycles. The van der Waals surface area contributed by atoms with Gasteiger partial charge in [0.15, 0.2) is 11.5 Å². The molecule has 2 fully saturated rings. The second-order valence-electron chi connectivity index (χ2n) is 9.57. The van der Waals surface area contributed by atoms with Gasteiger partial charge >= 0.3 is 0 Å². The van der Waals surface area contributed by atoms with E-state index in [1.807, 2.05) is 30.3 Å². The Kier molecular flexibility index (Phi) is 6.95. The van der Waals surface area contributed by atoms with Crippen molar-refractivity contribution in [3.8, 4) is 11.5 Å². The highest BCUT2D eigenvalue weighted by Crippen LogP contribution is 2.56. The van der Waals surface area contributed by atoms with Gasteiger partial charge in [-0.25, -0.2) is 4.98 Å². The van der Waals surface area contributed by atoms with E-state index >= 15 is 0 Å². The topological polar surface area (TPSA) is 68.3 Å². The molecule has 0 unspecified atom stereocenters. The summed E-state index contributed by atoms with van der Waals surface area (Å²) in [5, 5.41) is 9.02. The largest absolute Gasteiger partial charge is 0.493 e. The minimum absolute atomic E-state index is 0.518. The molecular weight excluding hydrogens is 468 g/mol. The molecule has 180 valence electrons. The number of nitrogens with zero attached hydrogens (tertiary/aromatic N) is 2. The molecule has 34 heavy (non-hydrogen) atoms. The fourth-order valence-electron chi connectivity index (χ4n) is 5.35. The summed E-state index contributed by atoms with van der Waals surface area (Å²) in [6, 6.07) is 15.2. The Balaban J connectivity index is 1.01. The number of anilines is 1. The van der Waals surface area contributed by atoms with Gasteiger partial charge in [-0.1, -0.05) is 29.8 Å². The van der Waals surface area contributed by atoms with Crippen LogP contribution in [-0.4, -0.2) is 42.2 Å². The highest BCUT2D eigenvalue weighted by molar-refractivity contribution is 7.09. The summed E-state index contributed by atoms with van der Waals surface area (Å²) >= 11 is 7.43. The first-order valence-corrected chi connectivity index (χ1v) is 13.0. The predicted molar refractivity (Wildman–Crippen MR) is 138 cm³/mol. The lowest BCUT2D eigenvalue weighted by Crippen LogP contribution is -2.58. The monoisotopic (exact) mass is 498 g/mol. The molecule has 2 saturated carbocycles. The maximum Gasteiger partial charge on any atom is 0.202 e. The molecule has 3 aromatic rings. The van der Waals surface area contributed by atoms with E-state index in [1.54, 1.807) is 14.2 Å². The van der Waals surface area contributed by atoms with Gasteiger partial charge in [-0.3, -0.25) is 0 Å². The molecule has 6 nitrogen and oxygen atoms in total. The third kappa shape index (κ3) is 5.32. The van der Waals surface area contributed by atoms with Crippen LogP contribution in [0, 0.1) is 5.41 Å². The average molecular weight is 499 g/mol. The second-order valence-corrected chi connectivity index (χ2v) is 10.8. The van der Waals surface area contributed by atoms with E-state index in [1.165, 1.54) is 48.3 Å². The smallest absolute Gasteiger partial charge is 0.202 e. The van der Waals surface area contributed by atoms with Crippen LogP contribution in [0.1, 0.15) is 42.6 Å². The number of rotatable bonds is 10. The van der Waals surface area contributed by atoms with Crippen LogP contribution in [0.3, 0.4) is 0 Å². The lowest BCUT2D eigenvalue weighted by atomic mass is 9.52. The first-order valence-electron chi connectivity index (χ1n) is 11.8. The van der Waals surface area contributed by atoms with Crippen LogP contribution in [0.15, 0.2) is 42.5 Å². The minimum Gasteiger partial charge on any atom is -0.493 e. The molecular formula is C26H31ClN4O2S. The molecule has 0 bridgehead atoms. The molecule has 0 amide bonds. The molecule has 8 heteroatoms. The van der Waals surface area contributed by atoms with E-state index in [9.17, 15) is 0 Å². The summed E-state index contributed by atoms with van der Waals surface area (Å²) in [4.78, 5) is 4.68. The molecule has 5 rings (SSSR count). The lowest BCUT2D eigenvalue weighted by Gasteiger charge is -2.58. The van der Waals surface area contributed by atoms with Crippen molar-refractivity contribution in [3.05, 3.63) is 64.4 Å². The van der Waals surface area contributed by atoms with Crippen molar-refractivity contribution in [2.24, 2.45) is 5.41 Å². The number of hydrogen-bond donors (Lipinski definition) is 2. The zero-order valence-corrected chi connectivity index (χ0v) is 21.2. The number of methoxy groups -OCH3 is 2. The summed E-state index contributed by atoms with van der Waals surface area (Å²) in [6.45, 7) is 0.985. The van der Waals surface area contributed by atoms with E-state index in [4.69, 9.17) is 21.1 Å². The van der Waals surface area contributed by atoms with Gasteiger partial charge in [0, 0.05) is 35.1 Å². The normalized spacial score (nSPS) is 23.3. The highest BCUT2D eigenvalue weighted by Gasteiger charge is 2.52. The fourth-order valence-corrected chi connectivity index (χ4v) is 6.14. The third-order valence-electron chi connectivity index (χ3n) is 7.08. The van der Waals surface area contributed by atoms with Crippen LogP contribution in [0.2, 0.25) is 5.02 Å². The third-order valence-corrected chi connectivity index (χ3v) is 8.02. The van der Waals surface area contributed by atoms with Crippen molar-refractivity contribution >= 4 is 28.3 Å². The Morgan fingerprint density at radius 1 is 0.971 bits per heavy atom. The van der Waals surface area contributed by atoms with Crippen LogP contribution < -0.4 is 20.1 Å². The van der Waals surface area contributed by atoms with Crippen LogP contribution >= 0.6 is 23.1 Å². The fraction of sp³-hybridized carbons (Fsp3) is 0.462. The molecule has 1 spiro atoms. The Bertz CT molecular complexity index is 1110. The van der Waals surface area contributed by atoms with E-state index < -0.39 is 0 Å².